The second-order valence-electron chi connectivity index (χ2n) is 16.4. The Hall–Kier alpha value is -3.34. The lowest BCUT2D eigenvalue weighted by Gasteiger charge is -2.30. The summed E-state index contributed by atoms with van der Waals surface area (Å²) in [5.74, 6) is -0.854. The van der Waals surface area contributed by atoms with Crippen molar-refractivity contribution < 1.29 is 54.3 Å². The number of hydrogen-bond donors (Lipinski definition) is 0. The first-order valence-corrected chi connectivity index (χ1v) is 23.7. The molecule has 2 aliphatic carbocycles. The Labute approximate surface area is 328 Å². The summed E-state index contributed by atoms with van der Waals surface area (Å²) in [4.78, 5) is 54.1. The van der Waals surface area contributed by atoms with Gasteiger partial charge in [0.25, 0.3) is 0 Å². The number of sulfone groups is 2. The molecule has 2 aromatic rings. The van der Waals surface area contributed by atoms with Crippen LogP contribution in [0.3, 0.4) is 0 Å². The highest BCUT2D eigenvalue weighted by Crippen LogP contribution is 2.36. The number of rotatable bonds is 12. The highest BCUT2D eigenvalue weighted by molar-refractivity contribution is 7.92. The number of furan rings is 2. The number of Topliss-reactive ketones (excluding diaryl/α,β-unsaturated/α-hetero) is 2. The molecule has 0 aromatic carbocycles. The Bertz CT molecular complexity index is 1760. The van der Waals surface area contributed by atoms with Gasteiger partial charge in [-0.1, -0.05) is 64.2 Å². The zero-order chi connectivity index (χ0) is 39.5. The number of carbonyl (C=O) groups excluding carboxylic acids is 4. The second-order valence-corrected chi connectivity index (χ2v) is 20.8. The van der Waals surface area contributed by atoms with Crippen LogP contribution in [0.1, 0.15) is 101 Å². The number of amides is 2. The predicted molar refractivity (Wildman–Crippen MR) is 202 cm³/mol. The van der Waals surface area contributed by atoms with E-state index in [0.29, 0.717) is 50.1 Å². The minimum atomic E-state index is -3.76. The average Bonchev–Trinajstić information content (AvgIpc) is 4.04. The van der Waals surface area contributed by atoms with Crippen molar-refractivity contribution in [3.05, 3.63) is 48.3 Å². The molecule has 16 heteroatoms. The first-order chi connectivity index (χ1) is 26.9. The maximum absolute atomic E-state index is 13.4. The van der Waals surface area contributed by atoms with Gasteiger partial charge in [-0.05, 0) is 55.7 Å². The van der Waals surface area contributed by atoms with Gasteiger partial charge in [-0.15, -0.1) is 0 Å². The molecule has 308 valence electrons. The highest BCUT2D eigenvalue weighted by atomic mass is 32.2. The molecule has 0 radical (unpaired) electrons. The largest absolute Gasteiger partial charge is 0.472 e. The van der Waals surface area contributed by atoms with E-state index in [1.54, 1.807) is 18.2 Å². The van der Waals surface area contributed by atoms with Crippen molar-refractivity contribution in [1.82, 2.24) is 9.80 Å². The van der Waals surface area contributed by atoms with Crippen LogP contribution in [0.4, 0.5) is 0 Å². The summed E-state index contributed by atoms with van der Waals surface area (Å²) in [7, 11) is -7.50. The first kappa shape index (κ1) is 40.8. The van der Waals surface area contributed by atoms with Crippen LogP contribution < -0.4 is 0 Å². The Balaban J connectivity index is 0.000000172. The van der Waals surface area contributed by atoms with Gasteiger partial charge in [0.2, 0.25) is 11.8 Å². The first-order valence-electron chi connectivity index (χ1n) is 20.3. The summed E-state index contributed by atoms with van der Waals surface area (Å²) < 4.78 is 74.1. The third-order valence-corrected chi connectivity index (χ3v) is 16.6. The van der Waals surface area contributed by atoms with Gasteiger partial charge in [0.15, 0.2) is 31.2 Å². The Kier molecular flexibility index (Phi) is 12.9. The van der Waals surface area contributed by atoms with E-state index in [1.165, 1.54) is 35.0 Å². The molecule has 0 spiro atoms. The molecule has 6 aliphatic rings. The van der Waals surface area contributed by atoms with Gasteiger partial charge in [-0.2, -0.15) is 0 Å². The molecule has 2 aromatic heterocycles. The van der Waals surface area contributed by atoms with Crippen molar-refractivity contribution >= 4 is 43.1 Å². The number of carbonyl (C=O) groups is 4. The maximum atomic E-state index is 13.4. The standard InChI is InChI=1S/2C20H27NO6S/c22-16-12-27-17-8-9-21(19(16)17)20(23)18(11-14-5-2-1-3-6-14)28(24,25)13-15-7-4-10-26-15;22-16-12-27-17-6-8-21(19(16)17)20(23)18(10-14-4-2-1-3-5-14)28(24,25)13-15-7-9-26-11-15/h4,7,10,14,17-19H,1-3,5-6,8-9,11-13H2;7,9,11,14,17-19H,1-6,8,10,12-13H2. The Morgan fingerprint density at radius 1 is 0.661 bits per heavy atom. The molecule has 6 unspecified atom stereocenters. The molecule has 56 heavy (non-hydrogen) atoms. The van der Waals surface area contributed by atoms with E-state index in [0.717, 1.165) is 57.8 Å². The number of likely N-dealkylation sites (tertiary alicyclic amines) is 2. The maximum Gasteiger partial charge on any atom is 0.241 e. The summed E-state index contributed by atoms with van der Waals surface area (Å²) in [6.07, 6.45) is 16.0. The van der Waals surface area contributed by atoms with Gasteiger partial charge < -0.3 is 28.1 Å². The summed E-state index contributed by atoms with van der Waals surface area (Å²) in [5.41, 5.74) is 0.543. The van der Waals surface area contributed by atoms with Gasteiger partial charge in [-0.3, -0.25) is 19.2 Å². The SMILES string of the molecule is O=C1COC2CCN(C(=O)C(CC3CCCCC3)S(=O)(=O)Cc3ccco3)C12.O=C1COC2CCN(C(=O)C(CC3CCCCC3)S(=O)(=O)Cc3ccoc3)C12. The molecule has 6 fully saturated rings. The molecule has 8 rings (SSSR count). The lowest BCUT2D eigenvalue weighted by Crippen LogP contribution is -2.49. The zero-order valence-electron chi connectivity index (χ0n) is 31.8. The smallest absolute Gasteiger partial charge is 0.241 e. The quantitative estimate of drug-likeness (QED) is 0.298. The van der Waals surface area contributed by atoms with Crippen LogP contribution in [0.15, 0.2) is 45.8 Å². The molecule has 0 N–H and O–H groups in total. The Morgan fingerprint density at radius 3 is 1.61 bits per heavy atom. The number of ether oxygens (including phenoxy) is 2. The van der Waals surface area contributed by atoms with E-state index in [2.05, 4.69) is 0 Å². The fourth-order valence-electron chi connectivity index (χ4n) is 9.71. The van der Waals surface area contributed by atoms with Crippen LogP contribution in [0, 0.1) is 11.8 Å². The molecule has 2 amide bonds. The number of hydrogen-bond acceptors (Lipinski definition) is 12. The summed E-state index contributed by atoms with van der Waals surface area (Å²) in [5, 5.41) is -2.24. The van der Waals surface area contributed by atoms with E-state index in [4.69, 9.17) is 18.3 Å². The summed E-state index contributed by atoms with van der Waals surface area (Å²) in [6.45, 7) is 0.763. The number of fused-ring (bicyclic) bond motifs is 2. The van der Waals surface area contributed by atoms with Crippen molar-refractivity contribution in [3.8, 4) is 0 Å². The van der Waals surface area contributed by atoms with Crippen molar-refractivity contribution in [2.75, 3.05) is 26.3 Å². The van der Waals surface area contributed by atoms with Gasteiger partial charge in [0.05, 0.1) is 36.8 Å². The van der Waals surface area contributed by atoms with E-state index in [-0.39, 0.29) is 60.3 Å². The minimum Gasteiger partial charge on any atom is -0.472 e. The van der Waals surface area contributed by atoms with Crippen LogP contribution >= 0.6 is 0 Å². The van der Waals surface area contributed by atoms with E-state index < -0.39 is 54.1 Å². The van der Waals surface area contributed by atoms with Crippen LogP contribution in [0.5, 0.6) is 0 Å². The summed E-state index contributed by atoms with van der Waals surface area (Å²) >= 11 is 0. The third kappa shape index (κ3) is 9.18. The molecule has 4 aliphatic heterocycles. The van der Waals surface area contributed by atoms with Gasteiger partial charge in [-0.25, -0.2) is 16.8 Å². The number of nitrogens with zero attached hydrogens (tertiary/aromatic N) is 2. The molecule has 4 saturated heterocycles. The zero-order valence-corrected chi connectivity index (χ0v) is 33.5. The van der Waals surface area contributed by atoms with Crippen LogP contribution in [-0.4, -0.2) is 111 Å². The lowest BCUT2D eigenvalue weighted by molar-refractivity contribution is -0.136. The van der Waals surface area contributed by atoms with Crippen molar-refractivity contribution in [1.29, 1.82) is 0 Å². The molecule has 2 saturated carbocycles. The normalized spacial score (nSPS) is 27.1. The van der Waals surface area contributed by atoms with Gasteiger partial charge in [0.1, 0.15) is 47.3 Å². The summed E-state index contributed by atoms with van der Waals surface area (Å²) in [6, 6.07) is 3.62. The van der Waals surface area contributed by atoms with E-state index in [1.807, 2.05) is 0 Å². The van der Waals surface area contributed by atoms with E-state index >= 15 is 0 Å². The third-order valence-electron chi connectivity index (χ3n) is 12.6. The fourth-order valence-corrected chi connectivity index (χ4v) is 13.3. The number of ketones is 2. The molecule has 0 bridgehead atoms. The van der Waals surface area contributed by atoms with Gasteiger partial charge in [0, 0.05) is 18.7 Å². The van der Waals surface area contributed by atoms with E-state index in [9.17, 15) is 36.0 Å². The molecular weight excluding hydrogens is 765 g/mol. The average molecular weight is 819 g/mol. The molecule has 6 atom stereocenters. The second kappa shape index (κ2) is 17.7. The van der Waals surface area contributed by atoms with Crippen molar-refractivity contribution in [2.24, 2.45) is 11.8 Å². The topological polar surface area (TPSA) is 188 Å². The molecular formula is C40H54N2O12S2. The monoisotopic (exact) mass is 818 g/mol. The fraction of sp³-hybridized carbons (Fsp3) is 0.700. The van der Waals surface area contributed by atoms with Crippen LogP contribution in [0.25, 0.3) is 0 Å². The van der Waals surface area contributed by atoms with Crippen LogP contribution in [0.2, 0.25) is 0 Å². The van der Waals surface area contributed by atoms with Crippen molar-refractivity contribution in [3.63, 3.8) is 0 Å². The van der Waals surface area contributed by atoms with Crippen molar-refractivity contribution in [2.45, 2.75) is 136 Å². The molecule has 14 nitrogen and oxygen atoms in total. The molecule has 6 heterocycles. The minimum absolute atomic E-state index is 0.00551. The Morgan fingerprint density at radius 2 is 1.16 bits per heavy atom. The lowest BCUT2D eigenvalue weighted by atomic mass is 9.86. The van der Waals surface area contributed by atoms with Crippen LogP contribution in [-0.2, 0) is 59.8 Å². The predicted octanol–water partition coefficient (Wildman–Crippen LogP) is 4.20. The van der Waals surface area contributed by atoms with Gasteiger partial charge >= 0.3 is 0 Å². The highest BCUT2D eigenvalue weighted by Gasteiger charge is 2.51.